The fourth-order valence-electron chi connectivity index (χ4n) is 4.56. The van der Waals surface area contributed by atoms with Gasteiger partial charge >= 0.3 is 6.03 Å². The lowest BCUT2D eigenvalue weighted by atomic mass is 9.87. The number of carbonyl (C=O) groups is 1. The molecule has 1 heterocycles. The van der Waals surface area contributed by atoms with Crippen LogP contribution in [-0.4, -0.2) is 29.1 Å². The highest BCUT2D eigenvalue weighted by Gasteiger charge is 2.50. The molecular weight excluding hydrogens is 312 g/mol. The molecule has 2 aromatic carbocycles. The number of nitrogens with zero attached hydrogens (tertiary/aromatic N) is 1. The highest BCUT2D eigenvalue weighted by molar-refractivity contribution is 5.89. The van der Waals surface area contributed by atoms with Crippen LogP contribution in [0.3, 0.4) is 0 Å². The minimum absolute atomic E-state index is 0.0416. The topological polar surface area (TPSA) is 52.6 Å². The number of aryl methyl sites for hydroxylation is 1. The Bertz CT molecular complexity index is 760. The summed E-state index contributed by atoms with van der Waals surface area (Å²) in [7, 11) is 0. The first kappa shape index (κ1) is 16.2. The molecule has 0 radical (unpaired) electrons. The van der Waals surface area contributed by atoms with Crippen LogP contribution >= 0.6 is 0 Å². The first-order valence-electron chi connectivity index (χ1n) is 8.95. The van der Waals surface area contributed by atoms with E-state index in [1.165, 1.54) is 0 Å². The number of aliphatic hydroxyl groups is 1. The summed E-state index contributed by atoms with van der Waals surface area (Å²) in [5.74, 6) is 0.734. The molecule has 2 N–H and O–H groups in total. The lowest BCUT2D eigenvalue weighted by Crippen LogP contribution is -2.35. The number of rotatable bonds is 2. The largest absolute Gasteiger partial charge is 0.385 e. The van der Waals surface area contributed by atoms with Gasteiger partial charge in [0.2, 0.25) is 0 Å². The van der Waals surface area contributed by atoms with Crippen LogP contribution in [0.15, 0.2) is 54.6 Å². The van der Waals surface area contributed by atoms with Crippen molar-refractivity contribution in [2.24, 2.45) is 11.8 Å². The van der Waals surface area contributed by atoms with Gasteiger partial charge in [-0.2, -0.15) is 0 Å². The highest BCUT2D eigenvalue weighted by atomic mass is 16.3. The number of urea groups is 1. The number of hydrogen-bond donors (Lipinski definition) is 2. The van der Waals surface area contributed by atoms with Gasteiger partial charge in [-0.05, 0) is 54.9 Å². The molecule has 1 aliphatic heterocycles. The molecule has 2 aromatic rings. The van der Waals surface area contributed by atoms with Crippen molar-refractivity contribution < 1.29 is 9.90 Å². The quantitative estimate of drug-likeness (QED) is 0.877. The molecule has 2 aliphatic rings. The van der Waals surface area contributed by atoms with Crippen molar-refractivity contribution >= 4 is 11.7 Å². The fourth-order valence-corrected chi connectivity index (χ4v) is 4.56. The summed E-state index contributed by atoms with van der Waals surface area (Å²) in [6.07, 6.45) is 1.47. The van der Waals surface area contributed by atoms with Gasteiger partial charge < -0.3 is 15.3 Å². The highest BCUT2D eigenvalue weighted by Crippen LogP contribution is 2.49. The second-order valence-electron chi connectivity index (χ2n) is 7.48. The maximum absolute atomic E-state index is 12.5. The number of fused-ring (bicyclic) bond motifs is 1. The van der Waals surface area contributed by atoms with E-state index in [4.69, 9.17) is 0 Å². The zero-order valence-electron chi connectivity index (χ0n) is 14.5. The van der Waals surface area contributed by atoms with Crippen LogP contribution < -0.4 is 5.32 Å². The first-order chi connectivity index (χ1) is 12.0. The zero-order valence-corrected chi connectivity index (χ0v) is 14.5. The van der Waals surface area contributed by atoms with Gasteiger partial charge in [-0.25, -0.2) is 4.79 Å². The Morgan fingerprint density at radius 1 is 1.04 bits per heavy atom. The molecular formula is C21H24N2O2. The van der Waals surface area contributed by atoms with Crippen LogP contribution in [0.1, 0.15) is 24.0 Å². The molecule has 4 heteroatoms. The summed E-state index contributed by atoms with van der Waals surface area (Å²) in [6, 6.07) is 17.6. The third-order valence-electron chi connectivity index (χ3n) is 5.73. The molecule has 1 saturated heterocycles. The van der Waals surface area contributed by atoms with Gasteiger partial charge in [0.25, 0.3) is 0 Å². The average molecular weight is 336 g/mol. The third-order valence-corrected chi connectivity index (χ3v) is 5.73. The van der Waals surface area contributed by atoms with E-state index in [0.717, 1.165) is 42.7 Å². The van der Waals surface area contributed by atoms with Gasteiger partial charge in [-0.1, -0.05) is 42.5 Å². The van der Waals surface area contributed by atoms with E-state index in [1.54, 1.807) is 0 Å². The van der Waals surface area contributed by atoms with Crippen molar-refractivity contribution in [3.63, 3.8) is 0 Å². The van der Waals surface area contributed by atoms with E-state index in [-0.39, 0.29) is 6.03 Å². The molecule has 1 saturated carbocycles. The summed E-state index contributed by atoms with van der Waals surface area (Å²) < 4.78 is 0. The predicted molar refractivity (Wildman–Crippen MR) is 98.3 cm³/mol. The average Bonchev–Trinajstić information content (AvgIpc) is 3.12. The SMILES string of the molecule is Cc1ccccc1C1(O)C[C@H]2CN(C(=O)Nc3ccccc3)C[C@H]2C1. The number of amides is 2. The summed E-state index contributed by atoms with van der Waals surface area (Å²) in [5.41, 5.74) is 2.26. The molecule has 2 fully saturated rings. The molecule has 4 rings (SSSR count). The van der Waals surface area contributed by atoms with E-state index < -0.39 is 5.60 Å². The predicted octanol–water partition coefficient (Wildman–Crippen LogP) is 3.76. The molecule has 0 spiro atoms. The van der Waals surface area contributed by atoms with Crippen LogP contribution in [0.2, 0.25) is 0 Å². The van der Waals surface area contributed by atoms with Gasteiger partial charge in [0.1, 0.15) is 0 Å². The second-order valence-corrected chi connectivity index (χ2v) is 7.48. The number of benzene rings is 2. The van der Waals surface area contributed by atoms with Gasteiger partial charge in [0.05, 0.1) is 5.60 Å². The number of para-hydroxylation sites is 1. The van der Waals surface area contributed by atoms with E-state index in [1.807, 2.05) is 53.4 Å². The number of nitrogens with one attached hydrogen (secondary N) is 1. The number of anilines is 1. The summed E-state index contributed by atoms with van der Waals surface area (Å²) >= 11 is 0. The van der Waals surface area contributed by atoms with Crippen molar-refractivity contribution in [1.82, 2.24) is 4.90 Å². The van der Waals surface area contributed by atoms with E-state index in [9.17, 15) is 9.90 Å². The van der Waals surface area contributed by atoms with Crippen LogP contribution in [0.4, 0.5) is 10.5 Å². The first-order valence-corrected chi connectivity index (χ1v) is 8.95. The molecule has 1 unspecified atom stereocenters. The molecule has 0 bridgehead atoms. The lowest BCUT2D eigenvalue weighted by molar-refractivity contribution is 0.0322. The molecule has 25 heavy (non-hydrogen) atoms. The Morgan fingerprint density at radius 3 is 2.28 bits per heavy atom. The van der Waals surface area contributed by atoms with E-state index in [0.29, 0.717) is 11.8 Å². The van der Waals surface area contributed by atoms with E-state index in [2.05, 4.69) is 18.3 Å². The van der Waals surface area contributed by atoms with Crippen molar-refractivity contribution in [3.05, 3.63) is 65.7 Å². The monoisotopic (exact) mass is 336 g/mol. The van der Waals surface area contributed by atoms with Crippen molar-refractivity contribution in [2.45, 2.75) is 25.4 Å². The maximum atomic E-state index is 12.5. The number of hydrogen-bond acceptors (Lipinski definition) is 2. The van der Waals surface area contributed by atoms with Crippen LogP contribution in [-0.2, 0) is 5.60 Å². The van der Waals surface area contributed by atoms with Gasteiger partial charge in [-0.15, -0.1) is 0 Å². The van der Waals surface area contributed by atoms with E-state index >= 15 is 0 Å². The maximum Gasteiger partial charge on any atom is 0.321 e. The van der Waals surface area contributed by atoms with Crippen LogP contribution in [0, 0.1) is 18.8 Å². The molecule has 0 aromatic heterocycles. The summed E-state index contributed by atoms with van der Waals surface area (Å²) in [4.78, 5) is 14.4. The Balaban J connectivity index is 1.42. The third kappa shape index (κ3) is 3.02. The Hall–Kier alpha value is -2.33. The fraction of sp³-hybridized carbons (Fsp3) is 0.381. The van der Waals surface area contributed by atoms with Crippen molar-refractivity contribution in [2.75, 3.05) is 18.4 Å². The minimum Gasteiger partial charge on any atom is -0.385 e. The lowest BCUT2D eigenvalue weighted by Gasteiger charge is -2.28. The van der Waals surface area contributed by atoms with Crippen LogP contribution in [0.5, 0.6) is 0 Å². The minimum atomic E-state index is -0.747. The summed E-state index contributed by atoms with van der Waals surface area (Å²) in [6.45, 7) is 3.50. The number of likely N-dealkylation sites (tertiary alicyclic amines) is 1. The number of carbonyl (C=O) groups excluding carboxylic acids is 1. The van der Waals surface area contributed by atoms with Gasteiger partial charge in [-0.3, -0.25) is 0 Å². The molecule has 3 atom stereocenters. The second kappa shape index (κ2) is 6.19. The van der Waals surface area contributed by atoms with Crippen molar-refractivity contribution in [1.29, 1.82) is 0 Å². The normalized spacial score (nSPS) is 28.0. The standard InChI is InChI=1S/C21H24N2O2/c1-15-7-5-6-10-19(15)21(25)11-16-13-23(14-17(16)12-21)20(24)22-18-8-3-2-4-9-18/h2-10,16-17,25H,11-14H2,1H3,(H,22,24)/t16-,17+,21?. The van der Waals surface area contributed by atoms with Gasteiger partial charge in [0, 0.05) is 18.8 Å². The molecule has 130 valence electrons. The Kier molecular flexibility index (Phi) is 4.00. The van der Waals surface area contributed by atoms with Crippen molar-refractivity contribution in [3.8, 4) is 0 Å². The Labute approximate surface area is 148 Å². The zero-order chi connectivity index (χ0) is 17.4. The molecule has 4 nitrogen and oxygen atoms in total. The Morgan fingerprint density at radius 2 is 1.64 bits per heavy atom. The molecule has 2 amide bonds. The summed E-state index contributed by atoms with van der Waals surface area (Å²) in [5, 5.41) is 14.1. The molecule has 1 aliphatic carbocycles. The van der Waals surface area contributed by atoms with Crippen LogP contribution in [0.25, 0.3) is 0 Å². The smallest absolute Gasteiger partial charge is 0.321 e. The van der Waals surface area contributed by atoms with Gasteiger partial charge in [0.15, 0.2) is 0 Å².